The number of carbonyl (C=O) groups excluding carboxylic acids is 2. The summed E-state index contributed by atoms with van der Waals surface area (Å²) in [5.41, 5.74) is 1.95. The molecule has 4 rings (SSSR count). The number of hydrogen-bond acceptors (Lipinski definition) is 7. The molecule has 8 nitrogen and oxygen atoms in total. The molecule has 1 heterocycles. The van der Waals surface area contributed by atoms with Crippen molar-refractivity contribution in [3.63, 3.8) is 0 Å². The average molecular weight is 621 g/mol. The van der Waals surface area contributed by atoms with Gasteiger partial charge in [-0.2, -0.15) is 0 Å². The Hall–Kier alpha value is -3.34. The molecule has 0 saturated heterocycles. The Morgan fingerprint density at radius 3 is 2.49 bits per heavy atom. The van der Waals surface area contributed by atoms with Crippen molar-refractivity contribution in [3.8, 4) is 5.75 Å². The van der Waals surface area contributed by atoms with E-state index in [4.69, 9.17) is 21.1 Å². The molecule has 0 saturated carbocycles. The van der Waals surface area contributed by atoms with E-state index in [1.165, 1.54) is 18.2 Å². The van der Waals surface area contributed by atoms with Gasteiger partial charge in [0.05, 0.1) is 30.0 Å². The van der Waals surface area contributed by atoms with Crippen LogP contribution in [0.5, 0.6) is 5.75 Å². The highest BCUT2D eigenvalue weighted by Gasteiger charge is 2.27. The van der Waals surface area contributed by atoms with Gasteiger partial charge < -0.3 is 9.47 Å². The predicted molar refractivity (Wildman–Crippen MR) is 137 cm³/mol. The van der Waals surface area contributed by atoms with E-state index in [9.17, 15) is 19.7 Å². The summed E-state index contributed by atoms with van der Waals surface area (Å²) < 4.78 is 11.7. The molecular weight excluding hydrogens is 608 g/mol. The number of carbonyl (C=O) groups is 2. The summed E-state index contributed by atoms with van der Waals surface area (Å²) in [7, 11) is 0. The number of nitrogens with zero attached hydrogens (tertiary/aromatic N) is 2. The van der Waals surface area contributed by atoms with E-state index in [2.05, 4.69) is 36.9 Å². The van der Waals surface area contributed by atoms with E-state index in [0.717, 1.165) is 11.6 Å². The molecule has 0 atom stereocenters. The summed E-state index contributed by atoms with van der Waals surface area (Å²) in [5, 5.41) is 10.9. The SMILES string of the molecule is Cc1cccc(C(=O)Oc2c(Br)cc(/C=C3\N=C(c4ccc([N+](=O)[O-])cc4Cl)OC3=O)cc2Br)c1. The van der Waals surface area contributed by atoms with Crippen LogP contribution in [0.4, 0.5) is 5.69 Å². The van der Waals surface area contributed by atoms with Crippen molar-refractivity contribution >= 4 is 73.1 Å². The van der Waals surface area contributed by atoms with Crippen LogP contribution in [-0.2, 0) is 9.53 Å². The summed E-state index contributed by atoms with van der Waals surface area (Å²) >= 11 is 12.9. The van der Waals surface area contributed by atoms with Crippen molar-refractivity contribution in [3.05, 3.63) is 107 Å². The molecule has 0 amide bonds. The number of hydrogen-bond donors (Lipinski definition) is 0. The lowest BCUT2D eigenvalue weighted by Gasteiger charge is -2.10. The second-order valence-electron chi connectivity index (χ2n) is 7.33. The topological polar surface area (TPSA) is 108 Å². The molecule has 3 aromatic rings. The molecule has 0 unspecified atom stereocenters. The summed E-state index contributed by atoms with van der Waals surface area (Å²) in [6, 6.07) is 14.1. The Labute approximate surface area is 220 Å². The smallest absolute Gasteiger partial charge is 0.363 e. The number of nitro groups is 1. The molecule has 0 bridgehead atoms. The van der Waals surface area contributed by atoms with Crippen molar-refractivity contribution in [1.29, 1.82) is 0 Å². The molecule has 0 spiro atoms. The molecule has 176 valence electrons. The summed E-state index contributed by atoms with van der Waals surface area (Å²) in [6.45, 7) is 1.88. The Bertz CT molecular complexity index is 1450. The van der Waals surface area contributed by atoms with Crippen molar-refractivity contribution in [2.75, 3.05) is 0 Å². The van der Waals surface area contributed by atoms with E-state index in [-0.39, 0.29) is 33.6 Å². The van der Waals surface area contributed by atoms with E-state index in [1.54, 1.807) is 30.3 Å². The van der Waals surface area contributed by atoms with Gasteiger partial charge in [0.25, 0.3) is 5.69 Å². The van der Waals surface area contributed by atoms with E-state index >= 15 is 0 Å². The normalized spacial score (nSPS) is 14.0. The van der Waals surface area contributed by atoms with Crippen LogP contribution >= 0.6 is 43.5 Å². The van der Waals surface area contributed by atoms with Crippen LogP contribution in [-0.4, -0.2) is 22.8 Å². The molecular formula is C24H13Br2ClN2O6. The predicted octanol–water partition coefficient (Wildman–Crippen LogP) is 6.65. The number of halogens is 3. The standard InChI is InChI=1S/C24H13Br2ClN2O6/c1-12-3-2-4-14(7-12)23(30)34-21-17(25)8-13(9-18(21)26)10-20-24(31)35-22(28-20)16-6-5-15(29(32)33)11-19(16)27/h2-11H,1H3/b20-10-. The van der Waals surface area contributed by atoms with Crippen LogP contribution in [0, 0.1) is 17.0 Å². The monoisotopic (exact) mass is 618 g/mol. The maximum absolute atomic E-state index is 12.5. The zero-order chi connectivity index (χ0) is 25.3. The third-order valence-corrected chi connectivity index (χ3v) is 6.28. The molecule has 0 fully saturated rings. The fourth-order valence-electron chi connectivity index (χ4n) is 3.16. The van der Waals surface area contributed by atoms with Crippen LogP contribution in [0.1, 0.15) is 27.0 Å². The van der Waals surface area contributed by atoms with Crippen molar-refractivity contribution < 1.29 is 24.0 Å². The summed E-state index contributed by atoms with van der Waals surface area (Å²) in [4.78, 5) is 39.4. The Morgan fingerprint density at radius 2 is 1.86 bits per heavy atom. The number of aryl methyl sites for hydroxylation is 1. The first kappa shape index (κ1) is 24.8. The van der Waals surface area contributed by atoms with Gasteiger partial charge in [-0.3, -0.25) is 10.1 Å². The van der Waals surface area contributed by atoms with Gasteiger partial charge in [0.1, 0.15) is 0 Å². The van der Waals surface area contributed by atoms with Gasteiger partial charge in [0.15, 0.2) is 11.4 Å². The van der Waals surface area contributed by atoms with Crippen LogP contribution in [0.25, 0.3) is 6.08 Å². The number of esters is 2. The third-order valence-electron chi connectivity index (χ3n) is 4.79. The summed E-state index contributed by atoms with van der Waals surface area (Å²) in [5.74, 6) is -1.02. The van der Waals surface area contributed by atoms with Gasteiger partial charge in [-0.25, -0.2) is 14.6 Å². The Morgan fingerprint density at radius 1 is 1.14 bits per heavy atom. The fraction of sp³-hybridized carbons (Fsp3) is 0.0417. The molecule has 1 aliphatic heterocycles. The molecule has 0 radical (unpaired) electrons. The first-order valence-electron chi connectivity index (χ1n) is 9.87. The number of ether oxygens (including phenoxy) is 2. The number of benzene rings is 3. The zero-order valence-corrected chi connectivity index (χ0v) is 21.7. The maximum atomic E-state index is 12.5. The van der Waals surface area contributed by atoms with E-state index < -0.39 is 16.9 Å². The fourth-order valence-corrected chi connectivity index (χ4v) is 4.80. The number of cyclic esters (lactones) is 1. The zero-order valence-electron chi connectivity index (χ0n) is 17.8. The van der Waals surface area contributed by atoms with Gasteiger partial charge in [0.2, 0.25) is 5.90 Å². The van der Waals surface area contributed by atoms with Gasteiger partial charge in [-0.15, -0.1) is 0 Å². The lowest BCUT2D eigenvalue weighted by Crippen LogP contribution is -2.09. The number of rotatable bonds is 5. The third kappa shape index (κ3) is 5.50. The van der Waals surface area contributed by atoms with E-state index in [1.807, 2.05) is 13.0 Å². The van der Waals surface area contributed by atoms with Crippen LogP contribution in [0.15, 0.2) is 74.2 Å². The molecule has 0 aromatic heterocycles. The highest BCUT2D eigenvalue weighted by Crippen LogP contribution is 2.36. The first-order valence-corrected chi connectivity index (χ1v) is 11.8. The number of aliphatic imine (C=N–C) groups is 1. The van der Waals surface area contributed by atoms with Gasteiger partial charge in [-0.1, -0.05) is 29.3 Å². The molecule has 0 aliphatic carbocycles. The van der Waals surface area contributed by atoms with Crippen LogP contribution in [0.3, 0.4) is 0 Å². The maximum Gasteiger partial charge on any atom is 0.363 e. The minimum absolute atomic E-state index is 0.00211. The number of non-ortho nitro benzene ring substituents is 1. The molecule has 0 N–H and O–H groups in total. The molecule has 35 heavy (non-hydrogen) atoms. The van der Waals surface area contributed by atoms with E-state index in [0.29, 0.717) is 20.1 Å². The molecule has 11 heteroatoms. The highest BCUT2D eigenvalue weighted by molar-refractivity contribution is 9.11. The first-order chi connectivity index (χ1) is 16.6. The average Bonchev–Trinajstić information content (AvgIpc) is 3.15. The Kier molecular flexibility index (Phi) is 7.15. The minimum atomic E-state index is -0.711. The molecule has 3 aromatic carbocycles. The lowest BCUT2D eigenvalue weighted by atomic mass is 10.1. The Balaban J connectivity index is 1.60. The second kappa shape index (κ2) is 10.1. The quantitative estimate of drug-likeness (QED) is 0.104. The van der Waals surface area contributed by atoms with Gasteiger partial charge in [0, 0.05) is 12.1 Å². The van der Waals surface area contributed by atoms with Crippen LogP contribution in [0.2, 0.25) is 5.02 Å². The van der Waals surface area contributed by atoms with Crippen LogP contribution < -0.4 is 4.74 Å². The molecule has 1 aliphatic rings. The largest absolute Gasteiger partial charge is 0.421 e. The van der Waals surface area contributed by atoms with Crippen molar-refractivity contribution in [2.45, 2.75) is 6.92 Å². The van der Waals surface area contributed by atoms with Gasteiger partial charge >= 0.3 is 11.9 Å². The van der Waals surface area contributed by atoms with Gasteiger partial charge in [-0.05, 0) is 80.8 Å². The minimum Gasteiger partial charge on any atom is -0.421 e. The van der Waals surface area contributed by atoms with Crippen molar-refractivity contribution in [2.24, 2.45) is 4.99 Å². The lowest BCUT2D eigenvalue weighted by molar-refractivity contribution is -0.384. The highest BCUT2D eigenvalue weighted by atomic mass is 79.9. The second-order valence-corrected chi connectivity index (χ2v) is 9.45. The summed E-state index contributed by atoms with van der Waals surface area (Å²) in [6.07, 6.45) is 1.48. The van der Waals surface area contributed by atoms with Crippen molar-refractivity contribution in [1.82, 2.24) is 0 Å². The number of nitro benzene ring substituents is 1.